The number of hydrogen-bond acceptors (Lipinski definition) is 3. The molecule has 2 aromatic carbocycles. The molecule has 0 aliphatic rings. The predicted molar refractivity (Wildman–Crippen MR) is 78.2 cm³/mol. The Morgan fingerprint density at radius 1 is 1.30 bits per heavy atom. The molecule has 0 aromatic heterocycles. The molecule has 0 amide bonds. The maximum absolute atomic E-state index is 13.2. The Balaban J connectivity index is 2.23. The minimum atomic E-state index is -0.282. The summed E-state index contributed by atoms with van der Waals surface area (Å²) in [6.45, 7) is 0.514. The lowest BCUT2D eigenvalue weighted by Crippen LogP contribution is -2.16. The van der Waals surface area contributed by atoms with Gasteiger partial charge in [0.1, 0.15) is 5.82 Å². The van der Waals surface area contributed by atoms with E-state index in [0.717, 1.165) is 11.3 Å². The molecule has 0 heterocycles. The van der Waals surface area contributed by atoms with Crippen molar-refractivity contribution in [3.63, 3.8) is 0 Å². The fraction of sp³-hybridized carbons (Fsp3) is 0.200. The first-order valence-corrected chi connectivity index (χ1v) is 6.41. The lowest BCUT2D eigenvalue weighted by Gasteiger charge is -2.20. The summed E-state index contributed by atoms with van der Waals surface area (Å²) in [5.74, 6) is -0.0397. The molecule has 20 heavy (non-hydrogen) atoms. The number of aromatic hydroxyl groups is 1. The van der Waals surface area contributed by atoms with Gasteiger partial charge in [-0.3, -0.25) is 0 Å². The van der Waals surface area contributed by atoms with Crippen molar-refractivity contribution in [2.24, 2.45) is 0 Å². The molecule has 0 spiro atoms. The number of methoxy groups -OCH3 is 1. The first-order chi connectivity index (χ1) is 9.51. The molecule has 0 aliphatic heterocycles. The fourth-order valence-corrected chi connectivity index (χ4v) is 2.19. The Hall–Kier alpha value is -1.94. The second-order valence-electron chi connectivity index (χ2n) is 4.46. The normalized spacial score (nSPS) is 10.4. The number of phenols is 1. The van der Waals surface area contributed by atoms with Crippen molar-refractivity contribution in [2.75, 3.05) is 19.1 Å². The molecular formula is C15H15ClFNO2. The summed E-state index contributed by atoms with van der Waals surface area (Å²) in [6, 6.07) is 9.71. The summed E-state index contributed by atoms with van der Waals surface area (Å²) in [5.41, 5.74) is 1.62. The van der Waals surface area contributed by atoms with Gasteiger partial charge in [-0.15, -0.1) is 0 Å². The zero-order valence-corrected chi connectivity index (χ0v) is 12.0. The van der Waals surface area contributed by atoms with Gasteiger partial charge < -0.3 is 14.7 Å². The number of benzene rings is 2. The van der Waals surface area contributed by atoms with E-state index >= 15 is 0 Å². The maximum atomic E-state index is 13.2. The van der Waals surface area contributed by atoms with Crippen molar-refractivity contribution in [3.8, 4) is 11.5 Å². The van der Waals surface area contributed by atoms with Crippen molar-refractivity contribution in [1.82, 2.24) is 0 Å². The molecule has 0 unspecified atom stereocenters. The third-order valence-electron chi connectivity index (χ3n) is 2.98. The van der Waals surface area contributed by atoms with E-state index < -0.39 is 0 Å². The van der Waals surface area contributed by atoms with Gasteiger partial charge in [-0.25, -0.2) is 4.39 Å². The largest absolute Gasteiger partial charge is 0.503 e. The topological polar surface area (TPSA) is 32.7 Å². The Bertz CT molecular complexity index is 619. The summed E-state index contributed by atoms with van der Waals surface area (Å²) in [6.07, 6.45) is 0. The molecular weight excluding hydrogens is 281 g/mol. The van der Waals surface area contributed by atoms with Crippen LogP contribution >= 0.6 is 11.6 Å². The summed E-state index contributed by atoms with van der Waals surface area (Å²) in [4.78, 5) is 1.88. The average Bonchev–Trinajstić information content (AvgIpc) is 2.42. The van der Waals surface area contributed by atoms with Crippen molar-refractivity contribution in [3.05, 3.63) is 52.8 Å². The second kappa shape index (κ2) is 6.01. The fourth-order valence-electron chi connectivity index (χ4n) is 1.95. The number of phenolic OH excluding ortho intramolecular Hbond substituents is 1. The second-order valence-corrected chi connectivity index (χ2v) is 4.87. The molecule has 0 aliphatic carbocycles. The smallest absolute Gasteiger partial charge is 0.176 e. The van der Waals surface area contributed by atoms with Gasteiger partial charge in [0, 0.05) is 19.3 Å². The van der Waals surface area contributed by atoms with Crippen molar-refractivity contribution >= 4 is 17.3 Å². The molecule has 0 fully saturated rings. The molecule has 0 bridgehead atoms. The van der Waals surface area contributed by atoms with E-state index in [1.807, 2.05) is 18.0 Å². The first-order valence-electron chi connectivity index (χ1n) is 6.03. The summed E-state index contributed by atoms with van der Waals surface area (Å²) >= 11 is 5.94. The van der Waals surface area contributed by atoms with E-state index in [-0.39, 0.29) is 16.6 Å². The molecule has 0 saturated heterocycles. The van der Waals surface area contributed by atoms with Crippen LogP contribution in [0.4, 0.5) is 10.1 Å². The van der Waals surface area contributed by atoms with E-state index in [2.05, 4.69) is 0 Å². The number of ether oxygens (including phenoxy) is 1. The Morgan fingerprint density at radius 2 is 2.05 bits per heavy atom. The van der Waals surface area contributed by atoms with Crippen LogP contribution in [-0.2, 0) is 6.54 Å². The summed E-state index contributed by atoms with van der Waals surface area (Å²) in [7, 11) is 3.31. The third kappa shape index (κ3) is 3.14. The van der Waals surface area contributed by atoms with Gasteiger partial charge in [-0.1, -0.05) is 17.7 Å². The van der Waals surface area contributed by atoms with Crippen LogP contribution in [0.2, 0.25) is 5.02 Å². The number of halogens is 2. The van der Waals surface area contributed by atoms with E-state index in [1.165, 1.54) is 19.2 Å². The van der Waals surface area contributed by atoms with Crippen LogP contribution < -0.4 is 9.64 Å². The highest BCUT2D eigenvalue weighted by molar-refractivity contribution is 6.32. The van der Waals surface area contributed by atoms with Gasteiger partial charge in [0.25, 0.3) is 0 Å². The van der Waals surface area contributed by atoms with Crippen LogP contribution in [0.3, 0.4) is 0 Å². The van der Waals surface area contributed by atoms with Gasteiger partial charge in [0.05, 0.1) is 12.1 Å². The van der Waals surface area contributed by atoms with Crippen LogP contribution in [0.1, 0.15) is 5.56 Å². The maximum Gasteiger partial charge on any atom is 0.176 e. The predicted octanol–water partition coefficient (Wildman–Crippen LogP) is 3.83. The minimum absolute atomic E-state index is 0.0775. The van der Waals surface area contributed by atoms with Crippen LogP contribution in [0.25, 0.3) is 0 Å². The highest BCUT2D eigenvalue weighted by atomic mass is 35.5. The molecule has 2 rings (SSSR count). The van der Waals surface area contributed by atoms with Crippen molar-refractivity contribution in [1.29, 1.82) is 0 Å². The molecule has 0 saturated carbocycles. The van der Waals surface area contributed by atoms with Gasteiger partial charge in [0.2, 0.25) is 0 Å². The first kappa shape index (κ1) is 14.5. The summed E-state index contributed by atoms with van der Waals surface area (Å²) < 4.78 is 18.3. The molecule has 2 aromatic rings. The quantitative estimate of drug-likeness (QED) is 0.930. The van der Waals surface area contributed by atoms with Crippen molar-refractivity contribution < 1.29 is 14.2 Å². The molecule has 3 nitrogen and oxygen atoms in total. The Morgan fingerprint density at radius 3 is 2.70 bits per heavy atom. The molecule has 5 heteroatoms. The molecule has 106 valence electrons. The van der Waals surface area contributed by atoms with E-state index in [0.29, 0.717) is 12.3 Å². The molecule has 0 atom stereocenters. The zero-order valence-electron chi connectivity index (χ0n) is 11.2. The number of rotatable bonds is 4. The minimum Gasteiger partial charge on any atom is -0.503 e. The Kier molecular flexibility index (Phi) is 4.35. The SMILES string of the molecule is COc1cc(CN(C)c2cccc(F)c2)cc(Cl)c1O. The van der Waals surface area contributed by atoms with E-state index in [4.69, 9.17) is 16.3 Å². The van der Waals surface area contributed by atoms with Gasteiger partial charge in [0.15, 0.2) is 11.5 Å². The number of anilines is 1. The van der Waals surface area contributed by atoms with Crippen LogP contribution in [-0.4, -0.2) is 19.3 Å². The lowest BCUT2D eigenvalue weighted by atomic mass is 10.1. The highest BCUT2D eigenvalue weighted by Gasteiger charge is 2.11. The van der Waals surface area contributed by atoms with Crippen LogP contribution in [0, 0.1) is 5.82 Å². The zero-order chi connectivity index (χ0) is 14.7. The lowest BCUT2D eigenvalue weighted by molar-refractivity contribution is 0.373. The summed E-state index contributed by atoms with van der Waals surface area (Å²) in [5, 5.41) is 9.92. The highest BCUT2D eigenvalue weighted by Crippen LogP contribution is 2.35. The standard InChI is InChI=1S/C15H15ClFNO2/c1-18(12-5-3-4-11(17)8-12)9-10-6-13(16)15(19)14(7-10)20-2/h3-8,19H,9H2,1-2H3. The van der Waals surface area contributed by atoms with Crippen LogP contribution in [0.5, 0.6) is 11.5 Å². The third-order valence-corrected chi connectivity index (χ3v) is 3.26. The monoisotopic (exact) mass is 295 g/mol. The van der Waals surface area contributed by atoms with E-state index in [1.54, 1.807) is 18.2 Å². The van der Waals surface area contributed by atoms with Gasteiger partial charge in [-0.05, 0) is 35.9 Å². The number of nitrogens with zero attached hydrogens (tertiary/aromatic N) is 1. The Labute approximate surface area is 122 Å². The van der Waals surface area contributed by atoms with Crippen molar-refractivity contribution in [2.45, 2.75) is 6.54 Å². The molecule has 0 radical (unpaired) electrons. The van der Waals surface area contributed by atoms with Gasteiger partial charge in [-0.2, -0.15) is 0 Å². The average molecular weight is 296 g/mol. The number of hydrogen-bond donors (Lipinski definition) is 1. The van der Waals surface area contributed by atoms with E-state index in [9.17, 15) is 9.50 Å². The molecule has 1 N–H and O–H groups in total. The van der Waals surface area contributed by atoms with Crippen LogP contribution in [0.15, 0.2) is 36.4 Å². The van der Waals surface area contributed by atoms with Gasteiger partial charge >= 0.3 is 0 Å².